The second-order valence-corrected chi connectivity index (χ2v) is 6.09. The molecule has 0 saturated heterocycles. The summed E-state index contributed by atoms with van der Waals surface area (Å²) in [6.07, 6.45) is 0.882. The number of aromatic nitrogens is 1. The minimum atomic E-state index is 0.456. The first-order valence-electron chi connectivity index (χ1n) is 8.79. The van der Waals surface area contributed by atoms with E-state index in [4.69, 9.17) is 23.7 Å². The van der Waals surface area contributed by atoms with Crippen LogP contribution in [0.2, 0.25) is 0 Å². The Kier molecular flexibility index (Phi) is 7.30. The largest absolute Gasteiger partial charge is 0.496 e. The molecule has 0 fully saturated rings. The van der Waals surface area contributed by atoms with Gasteiger partial charge in [0.1, 0.15) is 5.75 Å². The third-order valence-corrected chi connectivity index (χ3v) is 4.35. The summed E-state index contributed by atoms with van der Waals surface area (Å²) in [5.74, 6) is 3.79. The van der Waals surface area contributed by atoms with Crippen LogP contribution in [0.25, 0.3) is 0 Å². The van der Waals surface area contributed by atoms with Gasteiger partial charge in [-0.15, -0.1) is 0 Å². The summed E-state index contributed by atoms with van der Waals surface area (Å²) in [6, 6.07) is 5.55. The van der Waals surface area contributed by atoms with Gasteiger partial charge < -0.3 is 23.7 Å². The number of rotatable bonds is 9. The SMILES string of the molecule is CC[C](COC)c1cc(C)nc(Oc2c(OC)cc(OC)cc2OC)c1C. The minimum Gasteiger partial charge on any atom is -0.496 e. The summed E-state index contributed by atoms with van der Waals surface area (Å²) in [5.41, 5.74) is 2.89. The Hall–Kier alpha value is -2.47. The fourth-order valence-electron chi connectivity index (χ4n) is 2.89. The van der Waals surface area contributed by atoms with Gasteiger partial charge in [-0.3, -0.25) is 0 Å². The van der Waals surface area contributed by atoms with Crippen molar-refractivity contribution in [1.29, 1.82) is 0 Å². The lowest BCUT2D eigenvalue weighted by molar-refractivity contribution is 0.210. The van der Waals surface area contributed by atoms with E-state index in [1.165, 1.54) is 5.92 Å². The second kappa shape index (κ2) is 9.46. The highest BCUT2D eigenvalue weighted by molar-refractivity contribution is 5.58. The van der Waals surface area contributed by atoms with Gasteiger partial charge in [0.25, 0.3) is 0 Å². The normalized spacial score (nSPS) is 10.8. The first-order valence-corrected chi connectivity index (χ1v) is 8.79. The molecule has 1 aromatic heterocycles. The Morgan fingerprint density at radius 1 is 0.926 bits per heavy atom. The number of methoxy groups -OCH3 is 4. The molecule has 0 unspecified atom stereocenters. The van der Waals surface area contributed by atoms with Gasteiger partial charge in [-0.05, 0) is 31.9 Å². The lowest BCUT2D eigenvalue weighted by Crippen LogP contribution is -2.10. The average Bonchev–Trinajstić information content (AvgIpc) is 2.68. The zero-order chi connectivity index (χ0) is 20.0. The van der Waals surface area contributed by atoms with E-state index in [2.05, 4.69) is 18.0 Å². The maximum Gasteiger partial charge on any atom is 0.223 e. The van der Waals surface area contributed by atoms with Gasteiger partial charge in [-0.2, -0.15) is 0 Å². The zero-order valence-corrected chi connectivity index (χ0v) is 17.1. The standard InChI is InChI=1S/C21H28NO5/c1-8-15(12-23-4)17-9-13(2)22-21(14(17)3)27-20-18(25-6)10-16(24-5)11-19(20)26-7/h9-11H,8,12H2,1-7H3. The van der Waals surface area contributed by atoms with E-state index in [1.54, 1.807) is 40.6 Å². The molecule has 1 aromatic carbocycles. The van der Waals surface area contributed by atoms with E-state index >= 15 is 0 Å². The summed E-state index contributed by atoms with van der Waals surface area (Å²) in [4.78, 5) is 4.58. The minimum absolute atomic E-state index is 0.456. The predicted molar refractivity (Wildman–Crippen MR) is 104 cm³/mol. The molecule has 0 aliphatic heterocycles. The van der Waals surface area contributed by atoms with E-state index in [0.29, 0.717) is 35.5 Å². The van der Waals surface area contributed by atoms with Crippen LogP contribution in [-0.4, -0.2) is 40.0 Å². The number of hydrogen-bond donors (Lipinski definition) is 0. The zero-order valence-electron chi connectivity index (χ0n) is 17.1. The van der Waals surface area contributed by atoms with Crippen LogP contribution in [0.5, 0.6) is 28.9 Å². The molecular weight excluding hydrogens is 346 g/mol. The maximum absolute atomic E-state index is 6.18. The lowest BCUT2D eigenvalue weighted by Gasteiger charge is -2.20. The molecule has 0 spiro atoms. The van der Waals surface area contributed by atoms with Gasteiger partial charge >= 0.3 is 0 Å². The Bertz CT molecular complexity index is 750. The van der Waals surface area contributed by atoms with Gasteiger partial charge in [0.15, 0.2) is 11.5 Å². The van der Waals surface area contributed by atoms with Crippen molar-refractivity contribution >= 4 is 0 Å². The Balaban J connectivity index is 2.53. The Morgan fingerprint density at radius 2 is 1.56 bits per heavy atom. The van der Waals surface area contributed by atoms with Crippen molar-refractivity contribution in [2.45, 2.75) is 27.2 Å². The molecule has 2 rings (SSSR count). The fraction of sp³-hybridized carbons (Fsp3) is 0.429. The molecule has 1 heterocycles. The van der Waals surface area contributed by atoms with Crippen LogP contribution < -0.4 is 18.9 Å². The quantitative estimate of drug-likeness (QED) is 0.644. The first-order chi connectivity index (χ1) is 13.0. The van der Waals surface area contributed by atoms with Gasteiger partial charge in [0, 0.05) is 36.4 Å². The molecule has 0 bridgehead atoms. The maximum atomic E-state index is 6.18. The second-order valence-electron chi connectivity index (χ2n) is 6.09. The van der Waals surface area contributed by atoms with E-state index < -0.39 is 0 Å². The number of nitrogens with zero attached hydrogens (tertiary/aromatic N) is 1. The molecule has 6 heteroatoms. The number of benzene rings is 1. The molecule has 0 aliphatic rings. The van der Waals surface area contributed by atoms with Crippen LogP contribution in [0.1, 0.15) is 30.2 Å². The topological polar surface area (TPSA) is 59.0 Å². The summed E-state index contributed by atoms with van der Waals surface area (Å²) in [6.45, 7) is 6.61. The Morgan fingerprint density at radius 3 is 2.04 bits per heavy atom. The van der Waals surface area contributed by atoms with E-state index in [1.807, 2.05) is 13.8 Å². The van der Waals surface area contributed by atoms with Crippen molar-refractivity contribution in [3.8, 4) is 28.9 Å². The van der Waals surface area contributed by atoms with Crippen molar-refractivity contribution < 1.29 is 23.7 Å². The number of aryl methyl sites for hydroxylation is 1. The van der Waals surface area contributed by atoms with E-state index in [-0.39, 0.29) is 0 Å². The number of ether oxygens (including phenoxy) is 5. The van der Waals surface area contributed by atoms with Gasteiger partial charge in [0.2, 0.25) is 11.6 Å². The average molecular weight is 374 g/mol. The molecular formula is C21H28NO5. The smallest absolute Gasteiger partial charge is 0.223 e. The van der Waals surface area contributed by atoms with Crippen molar-refractivity contribution in [2.24, 2.45) is 0 Å². The van der Waals surface area contributed by atoms with Gasteiger partial charge in [0.05, 0.1) is 27.9 Å². The summed E-state index contributed by atoms with van der Waals surface area (Å²) < 4.78 is 27.8. The van der Waals surface area contributed by atoms with Crippen molar-refractivity contribution in [1.82, 2.24) is 4.98 Å². The van der Waals surface area contributed by atoms with Gasteiger partial charge in [-0.25, -0.2) is 4.98 Å². The highest BCUT2D eigenvalue weighted by Gasteiger charge is 2.21. The molecule has 0 atom stereocenters. The lowest BCUT2D eigenvalue weighted by atomic mass is 9.93. The summed E-state index contributed by atoms with van der Waals surface area (Å²) in [5, 5.41) is 0. The number of hydrogen-bond acceptors (Lipinski definition) is 6. The van der Waals surface area contributed by atoms with E-state index in [9.17, 15) is 0 Å². The molecule has 147 valence electrons. The first kappa shape index (κ1) is 20.8. The van der Waals surface area contributed by atoms with Crippen LogP contribution >= 0.6 is 0 Å². The number of pyridine rings is 1. The molecule has 1 radical (unpaired) electrons. The molecule has 27 heavy (non-hydrogen) atoms. The van der Waals surface area contributed by atoms with Crippen LogP contribution in [0.4, 0.5) is 0 Å². The fourth-order valence-corrected chi connectivity index (χ4v) is 2.89. The predicted octanol–water partition coefficient (Wildman–Crippen LogP) is 4.50. The van der Waals surface area contributed by atoms with Crippen molar-refractivity contribution in [3.63, 3.8) is 0 Å². The molecule has 0 saturated carbocycles. The highest BCUT2D eigenvalue weighted by atomic mass is 16.5. The monoisotopic (exact) mass is 374 g/mol. The molecule has 0 N–H and O–H groups in total. The van der Waals surface area contributed by atoms with Crippen LogP contribution in [0.3, 0.4) is 0 Å². The van der Waals surface area contributed by atoms with Gasteiger partial charge in [-0.1, -0.05) is 6.92 Å². The van der Waals surface area contributed by atoms with E-state index in [0.717, 1.165) is 23.2 Å². The summed E-state index contributed by atoms with van der Waals surface area (Å²) >= 11 is 0. The summed E-state index contributed by atoms with van der Waals surface area (Å²) in [7, 11) is 6.43. The van der Waals surface area contributed by atoms with Crippen molar-refractivity contribution in [3.05, 3.63) is 40.9 Å². The Labute approximate surface area is 161 Å². The third-order valence-electron chi connectivity index (χ3n) is 4.35. The molecule has 6 nitrogen and oxygen atoms in total. The van der Waals surface area contributed by atoms with Crippen LogP contribution in [0, 0.1) is 19.8 Å². The van der Waals surface area contributed by atoms with Crippen molar-refractivity contribution in [2.75, 3.05) is 35.0 Å². The van der Waals surface area contributed by atoms with Crippen LogP contribution in [-0.2, 0) is 4.74 Å². The third kappa shape index (κ3) is 4.63. The molecule has 2 aromatic rings. The van der Waals surface area contributed by atoms with Crippen LogP contribution in [0.15, 0.2) is 18.2 Å². The molecule has 0 aliphatic carbocycles. The molecule has 0 amide bonds. The highest BCUT2D eigenvalue weighted by Crippen LogP contribution is 2.44.